The van der Waals surface area contributed by atoms with Gasteiger partial charge in [0, 0.05) is 26.0 Å². The second kappa shape index (κ2) is 6.64. The Morgan fingerprint density at radius 2 is 2.00 bits per heavy atom. The molecule has 0 unspecified atom stereocenters. The van der Waals surface area contributed by atoms with Gasteiger partial charge >= 0.3 is 0 Å². The number of hydrogen-bond acceptors (Lipinski definition) is 4. The predicted molar refractivity (Wildman–Crippen MR) is 95.7 cm³/mol. The normalized spacial score (nSPS) is 10.7. The van der Waals surface area contributed by atoms with E-state index >= 15 is 0 Å². The second-order valence-electron chi connectivity index (χ2n) is 4.47. The van der Waals surface area contributed by atoms with Crippen LogP contribution in [0.2, 0.25) is 0 Å². The highest BCUT2D eigenvalue weighted by Crippen LogP contribution is 2.32. The summed E-state index contributed by atoms with van der Waals surface area (Å²) in [7, 11) is 0. The van der Waals surface area contributed by atoms with Crippen molar-refractivity contribution in [2.45, 2.75) is 10.6 Å². The van der Waals surface area contributed by atoms with Crippen molar-refractivity contribution in [3.05, 3.63) is 63.4 Å². The highest BCUT2D eigenvalue weighted by atomic mass is 79.9. The summed E-state index contributed by atoms with van der Waals surface area (Å²) >= 11 is 7.04. The molecule has 106 valence electrons. The lowest BCUT2D eigenvalue weighted by atomic mass is 10.1. The summed E-state index contributed by atoms with van der Waals surface area (Å²) in [6.07, 6.45) is 0. The van der Waals surface area contributed by atoms with Gasteiger partial charge in [0.25, 0.3) is 0 Å². The number of nitrogen functional groups attached to an aromatic ring is 1. The molecular weight excluding hydrogens is 364 g/mol. The van der Waals surface area contributed by atoms with Gasteiger partial charge in [-0.15, -0.1) is 23.1 Å². The zero-order chi connectivity index (χ0) is 14.7. The SMILES string of the molecule is Nc1cccc(-c2csc(CSc3ccccc3Br)n2)c1. The minimum absolute atomic E-state index is 0.768. The van der Waals surface area contributed by atoms with E-state index in [-0.39, 0.29) is 0 Å². The molecule has 21 heavy (non-hydrogen) atoms. The van der Waals surface area contributed by atoms with Gasteiger partial charge < -0.3 is 5.73 Å². The highest BCUT2D eigenvalue weighted by Gasteiger charge is 2.06. The number of thiazole rings is 1. The van der Waals surface area contributed by atoms with Crippen LogP contribution < -0.4 is 5.73 Å². The zero-order valence-electron chi connectivity index (χ0n) is 11.1. The molecule has 2 nitrogen and oxygen atoms in total. The number of halogens is 1. The first-order valence-corrected chi connectivity index (χ1v) is 9.06. The van der Waals surface area contributed by atoms with Crippen LogP contribution in [0.15, 0.2) is 63.3 Å². The lowest BCUT2D eigenvalue weighted by Crippen LogP contribution is -1.86. The molecule has 2 N–H and O–H groups in total. The summed E-state index contributed by atoms with van der Waals surface area (Å²) < 4.78 is 1.13. The number of anilines is 1. The van der Waals surface area contributed by atoms with Gasteiger partial charge in [-0.2, -0.15) is 0 Å². The van der Waals surface area contributed by atoms with Gasteiger partial charge in [0.1, 0.15) is 5.01 Å². The van der Waals surface area contributed by atoms with E-state index in [1.165, 1.54) is 4.90 Å². The Bertz CT molecular complexity index is 755. The van der Waals surface area contributed by atoms with Crippen molar-refractivity contribution in [1.82, 2.24) is 4.98 Å². The van der Waals surface area contributed by atoms with Crippen LogP contribution in [0.3, 0.4) is 0 Å². The van der Waals surface area contributed by atoms with E-state index in [0.29, 0.717) is 0 Å². The Hall–Kier alpha value is -1.30. The minimum Gasteiger partial charge on any atom is -0.399 e. The molecule has 3 aromatic rings. The Kier molecular flexibility index (Phi) is 4.63. The van der Waals surface area contributed by atoms with E-state index in [2.05, 4.69) is 33.4 Å². The van der Waals surface area contributed by atoms with Gasteiger partial charge in [0.2, 0.25) is 0 Å². The molecule has 0 bridgehead atoms. The van der Waals surface area contributed by atoms with E-state index in [4.69, 9.17) is 10.7 Å². The molecule has 0 saturated heterocycles. The number of benzene rings is 2. The fraction of sp³-hybridized carbons (Fsp3) is 0.0625. The smallest absolute Gasteiger partial charge is 0.104 e. The maximum Gasteiger partial charge on any atom is 0.104 e. The standard InChI is InChI=1S/C16H13BrN2S2/c17-13-6-1-2-7-15(13)20-10-16-19-14(9-21-16)11-4-3-5-12(18)8-11/h1-9H,10,18H2. The average Bonchev–Trinajstić information content (AvgIpc) is 2.95. The third-order valence-electron chi connectivity index (χ3n) is 2.92. The van der Waals surface area contributed by atoms with Gasteiger partial charge in [-0.3, -0.25) is 0 Å². The Balaban J connectivity index is 1.72. The molecule has 0 aliphatic carbocycles. The van der Waals surface area contributed by atoms with E-state index in [1.807, 2.05) is 36.4 Å². The quantitative estimate of drug-likeness (QED) is 0.486. The van der Waals surface area contributed by atoms with Crippen molar-refractivity contribution in [2.75, 3.05) is 5.73 Å². The molecule has 0 atom stereocenters. The third kappa shape index (κ3) is 3.67. The number of thioether (sulfide) groups is 1. The highest BCUT2D eigenvalue weighted by molar-refractivity contribution is 9.10. The first-order chi connectivity index (χ1) is 10.2. The van der Waals surface area contributed by atoms with E-state index in [9.17, 15) is 0 Å². The summed E-state index contributed by atoms with van der Waals surface area (Å²) in [5.74, 6) is 0.871. The number of aromatic nitrogens is 1. The first-order valence-electron chi connectivity index (χ1n) is 6.40. The number of nitrogens with zero attached hydrogens (tertiary/aromatic N) is 1. The second-order valence-corrected chi connectivity index (χ2v) is 7.29. The van der Waals surface area contributed by atoms with Crippen molar-refractivity contribution >= 4 is 44.7 Å². The van der Waals surface area contributed by atoms with Gasteiger partial charge in [0.05, 0.1) is 11.4 Å². The fourth-order valence-corrected chi connectivity index (χ4v) is 4.30. The van der Waals surface area contributed by atoms with Gasteiger partial charge in [0.15, 0.2) is 0 Å². The molecule has 0 spiro atoms. The first kappa shape index (κ1) is 14.6. The maximum absolute atomic E-state index is 5.82. The van der Waals surface area contributed by atoms with Crippen LogP contribution in [-0.2, 0) is 5.75 Å². The van der Waals surface area contributed by atoms with E-state index in [0.717, 1.165) is 32.2 Å². The minimum atomic E-state index is 0.768. The number of hydrogen-bond donors (Lipinski definition) is 1. The molecule has 5 heteroatoms. The number of rotatable bonds is 4. The van der Waals surface area contributed by atoms with Crippen LogP contribution in [0, 0.1) is 0 Å². The van der Waals surface area contributed by atoms with Gasteiger partial charge in [-0.1, -0.05) is 24.3 Å². The zero-order valence-corrected chi connectivity index (χ0v) is 14.3. The maximum atomic E-state index is 5.82. The summed E-state index contributed by atoms with van der Waals surface area (Å²) in [6, 6.07) is 16.1. The van der Waals surface area contributed by atoms with Gasteiger partial charge in [-0.25, -0.2) is 4.98 Å². The van der Waals surface area contributed by atoms with Crippen LogP contribution in [0.4, 0.5) is 5.69 Å². The third-order valence-corrected chi connectivity index (χ3v) is 5.99. The molecular formula is C16H13BrN2S2. The predicted octanol–water partition coefficient (Wildman–Crippen LogP) is 5.45. The largest absolute Gasteiger partial charge is 0.399 e. The topological polar surface area (TPSA) is 38.9 Å². The molecule has 0 aliphatic heterocycles. The van der Waals surface area contributed by atoms with Crippen molar-refractivity contribution in [1.29, 1.82) is 0 Å². The summed E-state index contributed by atoms with van der Waals surface area (Å²) in [5, 5.41) is 3.21. The van der Waals surface area contributed by atoms with Crippen molar-refractivity contribution in [2.24, 2.45) is 0 Å². The molecule has 0 aliphatic rings. The van der Waals surface area contributed by atoms with Crippen molar-refractivity contribution in [3.8, 4) is 11.3 Å². The average molecular weight is 377 g/mol. The van der Waals surface area contributed by atoms with Crippen LogP contribution in [0.5, 0.6) is 0 Å². The summed E-state index contributed by atoms with van der Waals surface area (Å²) in [4.78, 5) is 5.93. The monoisotopic (exact) mass is 376 g/mol. The molecule has 0 fully saturated rings. The molecule has 0 saturated carbocycles. The lowest BCUT2D eigenvalue weighted by Gasteiger charge is -2.01. The van der Waals surface area contributed by atoms with Crippen molar-refractivity contribution in [3.63, 3.8) is 0 Å². The number of nitrogens with two attached hydrogens (primary N) is 1. The van der Waals surface area contributed by atoms with Crippen LogP contribution in [0.1, 0.15) is 5.01 Å². The molecule has 1 heterocycles. The fourth-order valence-electron chi connectivity index (χ4n) is 1.91. The molecule has 1 aromatic heterocycles. The Labute approximate surface area is 140 Å². The van der Waals surface area contributed by atoms with E-state index in [1.54, 1.807) is 23.1 Å². The van der Waals surface area contributed by atoms with E-state index < -0.39 is 0 Å². The van der Waals surface area contributed by atoms with Crippen molar-refractivity contribution < 1.29 is 0 Å². The molecule has 0 radical (unpaired) electrons. The molecule has 0 amide bonds. The van der Waals surface area contributed by atoms with Crippen LogP contribution in [-0.4, -0.2) is 4.98 Å². The Morgan fingerprint density at radius 1 is 1.14 bits per heavy atom. The van der Waals surface area contributed by atoms with Crippen LogP contribution in [0.25, 0.3) is 11.3 Å². The summed E-state index contributed by atoms with van der Waals surface area (Å²) in [6.45, 7) is 0. The van der Waals surface area contributed by atoms with Gasteiger partial charge in [-0.05, 0) is 40.2 Å². The molecule has 3 rings (SSSR count). The summed E-state index contributed by atoms with van der Waals surface area (Å²) in [5.41, 5.74) is 8.66. The lowest BCUT2D eigenvalue weighted by molar-refractivity contribution is 1.26. The Morgan fingerprint density at radius 3 is 2.81 bits per heavy atom. The molecule has 2 aromatic carbocycles. The van der Waals surface area contributed by atoms with Crippen LogP contribution >= 0.6 is 39.0 Å².